The van der Waals surface area contributed by atoms with Gasteiger partial charge in [0.2, 0.25) is 5.91 Å². The fraction of sp³-hybridized carbons (Fsp3) is 0.812. The first-order valence-corrected chi connectivity index (χ1v) is 8.78. The van der Waals surface area contributed by atoms with Crippen molar-refractivity contribution >= 4 is 5.91 Å². The van der Waals surface area contributed by atoms with Crippen molar-refractivity contribution in [1.82, 2.24) is 24.6 Å². The van der Waals surface area contributed by atoms with Crippen LogP contribution in [0.3, 0.4) is 0 Å². The lowest BCUT2D eigenvalue weighted by atomic mass is 10.2. The van der Waals surface area contributed by atoms with Crippen molar-refractivity contribution in [3.8, 4) is 0 Å². The Morgan fingerprint density at radius 1 is 1.26 bits per heavy atom. The molecule has 0 radical (unpaired) electrons. The number of aromatic nitrogens is 3. The molecular formula is C16H25N5O2. The summed E-state index contributed by atoms with van der Waals surface area (Å²) in [6.07, 6.45) is 3.64. The summed E-state index contributed by atoms with van der Waals surface area (Å²) in [5.41, 5.74) is 0. The lowest BCUT2D eigenvalue weighted by Gasteiger charge is -2.35. The summed E-state index contributed by atoms with van der Waals surface area (Å²) in [5.74, 6) is 3.01. The maximum Gasteiger partial charge on any atom is 0.236 e. The Balaban J connectivity index is 1.35. The number of amides is 1. The Kier molecular flexibility index (Phi) is 4.07. The Labute approximate surface area is 136 Å². The molecule has 0 aromatic carbocycles. The molecule has 1 aromatic rings. The Hall–Kier alpha value is -1.47. The van der Waals surface area contributed by atoms with E-state index in [9.17, 15) is 4.79 Å². The largest absolute Gasteiger partial charge is 0.375 e. The maximum absolute atomic E-state index is 12.5. The van der Waals surface area contributed by atoms with E-state index in [0.717, 1.165) is 44.2 Å². The van der Waals surface area contributed by atoms with E-state index in [0.29, 0.717) is 25.6 Å². The van der Waals surface area contributed by atoms with Crippen LogP contribution in [0.2, 0.25) is 0 Å². The molecule has 3 aliphatic rings. The highest BCUT2D eigenvalue weighted by Gasteiger charge is 2.33. The van der Waals surface area contributed by atoms with Crippen LogP contribution in [0.1, 0.15) is 43.8 Å². The minimum atomic E-state index is 0.193. The average molecular weight is 319 g/mol. The second-order valence-electron chi connectivity index (χ2n) is 6.85. The average Bonchev–Trinajstić information content (AvgIpc) is 3.34. The highest BCUT2D eigenvalue weighted by molar-refractivity contribution is 5.78. The first kappa shape index (κ1) is 15.1. The van der Waals surface area contributed by atoms with Crippen LogP contribution in [0.25, 0.3) is 0 Å². The molecule has 1 amide bonds. The quantitative estimate of drug-likeness (QED) is 0.813. The number of ether oxygens (including phenoxy) is 1. The monoisotopic (exact) mass is 319 g/mol. The molecule has 1 aliphatic carbocycles. The summed E-state index contributed by atoms with van der Waals surface area (Å²) in [7, 11) is 0. The molecule has 1 aromatic heterocycles. The molecule has 7 nitrogen and oxygen atoms in total. The van der Waals surface area contributed by atoms with Gasteiger partial charge in [-0.2, -0.15) is 0 Å². The summed E-state index contributed by atoms with van der Waals surface area (Å²) in [4.78, 5) is 16.7. The van der Waals surface area contributed by atoms with Gasteiger partial charge in [-0.15, -0.1) is 10.2 Å². The molecule has 1 saturated carbocycles. The zero-order valence-corrected chi connectivity index (χ0v) is 13.8. The van der Waals surface area contributed by atoms with Crippen molar-refractivity contribution in [2.24, 2.45) is 0 Å². The minimum Gasteiger partial charge on any atom is -0.375 e. The van der Waals surface area contributed by atoms with Gasteiger partial charge in [0, 0.05) is 32.1 Å². The number of morpholine rings is 1. The van der Waals surface area contributed by atoms with Gasteiger partial charge in [0.25, 0.3) is 0 Å². The second-order valence-corrected chi connectivity index (χ2v) is 6.85. The van der Waals surface area contributed by atoms with Crippen LogP contribution in [0, 0.1) is 0 Å². The molecule has 1 atom stereocenters. The highest BCUT2D eigenvalue weighted by atomic mass is 16.5. The molecule has 0 bridgehead atoms. The van der Waals surface area contributed by atoms with E-state index in [1.165, 1.54) is 12.8 Å². The van der Waals surface area contributed by atoms with Crippen molar-refractivity contribution in [1.29, 1.82) is 0 Å². The van der Waals surface area contributed by atoms with Gasteiger partial charge < -0.3 is 14.2 Å². The number of fused-ring (bicyclic) bond motifs is 1. The topological polar surface area (TPSA) is 63.5 Å². The first-order chi connectivity index (χ1) is 11.2. The third-order valence-electron chi connectivity index (χ3n) is 5.11. The van der Waals surface area contributed by atoms with E-state index >= 15 is 0 Å². The van der Waals surface area contributed by atoms with Crippen molar-refractivity contribution in [2.45, 2.75) is 51.3 Å². The molecule has 4 rings (SSSR count). The highest BCUT2D eigenvalue weighted by Crippen LogP contribution is 2.39. The van der Waals surface area contributed by atoms with E-state index in [2.05, 4.69) is 26.6 Å². The predicted octanol–water partition coefficient (Wildman–Crippen LogP) is 0.608. The molecule has 2 fully saturated rings. The number of hydrogen-bond donors (Lipinski definition) is 0. The standard InChI is InChI=1S/C16H25N5O2/c1-2-13-9-20(7-8-23-13)15(22)11-19-5-6-21-14(10-19)17-18-16(21)12-3-4-12/h12-13H,2-11H2,1H3/t13-/m1/s1. The van der Waals surface area contributed by atoms with Gasteiger partial charge in [0.15, 0.2) is 0 Å². The Bertz CT molecular complexity index is 583. The van der Waals surface area contributed by atoms with Crippen LogP contribution in [0.5, 0.6) is 0 Å². The molecule has 1 saturated heterocycles. The molecular weight excluding hydrogens is 294 g/mol. The second kappa shape index (κ2) is 6.20. The molecule has 0 unspecified atom stereocenters. The number of carbonyl (C=O) groups excluding carboxylic acids is 1. The zero-order chi connectivity index (χ0) is 15.8. The van der Waals surface area contributed by atoms with E-state index in [1.54, 1.807) is 0 Å². The first-order valence-electron chi connectivity index (χ1n) is 8.78. The summed E-state index contributed by atoms with van der Waals surface area (Å²) in [5, 5.41) is 8.70. The molecule has 2 aliphatic heterocycles. The van der Waals surface area contributed by atoms with Crippen LogP contribution < -0.4 is 0 Å². The van der Waals surface area contributed by atoms with Gasteiger partial charge in [-0.1, -0.05) is 6.92 Å². The normalized spacial score (nSPS) is 25.4. The fourth-order valence-electron chi connectivity index (χ4n) is 3.49. The summed E-state index contributed by atoms with van der Waals surface area (Å²) in [6.45, 7) is 7.21. The lowest BCUT2D eigenvalue weighted by Crippen LogP contribution is -2.49. The number of rotatable bonds is 4. The SMILES string of the molecule is CC[C@@H]1CN(C(=O)CN2CCn3c(nnc3C3CC3)C2)CCO1. The van der Waals surface area contributed by atoms with Crippen LogP contribution in [-0.4, -0.2) is 69.4 Å². The van der Waals surface area contributed by atoms with Crippen molar-refractivity contribution in [3.63, 3.8) is 0 Å². The Morgan fingerprint density at radius 3 is 2.91 bits per heavy atom. The molecule has 126 valence electrons. The van der Waals surface area contributed by atoms with E-state index in [4.69, 9.17) is 4.74 Å². The van der Waals surface area contributed by atoms with E-state index in [-0.39, 0.29) is 12.0 Å². The lowest BCUT2D eigenvalue weighted by molar-refractivity contribution is -0.140. The smallest absolute Gasteiger partial charge is 0.236 e. The molecule has 23 heavy (non-hydrogen) atoms. The van der Waals surface area contributed by atoms with E-state index in [1.807, 2.05) is 4.90 Å². The number of hydrogen-bond acceptors (Lipinski definition) is 5. The number of carbonyl (C=O) groups is 1. The van der Waals surface area contributed by atoms with Crippen LogP contribution in [0.4, 0.5) is 0 Å². The van der Waals surface area contributed by atoms with Gasteiger partial charge in [-0.05, 0) is 19.3 Å². The third-order valence-corrected chi connectivity index (χ3v) is 5.11. The van der Waals surface area contributed by atoms with Crippen LogP contribution in [-0.2, 0) is 22.6 Å². The van der Waals surface area contributed by atoms with Crippen LogP contribution >= 0.6 is 0 Å². The van der Waals surface area contributed by atoms with E-state index < -0.39 is 0 Å². The number of nitrogens with zero attached hydrogens (tertiary/aromatic N) is 5. The van der Waals surface area contributed by atoms with Crippen molar-refractivity contribution in [3.05, 3.63) is 11.6 Å². The summed E-state index contributed by atoms with van der Waals surface area (Å²) < 4.78 is 7.91. The predicted molar refractivity (Wildman–Crippen MR) is 83.9 cm³/mol. The van der Waals surface area contributed by atoms with Gasteiger partial charge in [0.05, 0.1) is 25.8 Å². The zero-order valence-electron chi connectivity index (χ0n) is 13.8. The summed E-state index contributed by atoms with van der Waals surface area (Å²) in [6, 6.07) is 0. The van der Waals surface area contributed by atoms with Crippen molar-refractivity contribution in [2.75, 3.05) is 32.8 Å². The van der Waals surface area contributed by atoms with Gasteiger partial charge >= 0.3 is 0 Å². The Morgan fingerprint density at radius 2 is 2.13 bits per heavy atom. The van der Waals surface area contributed by atoms with Gasteiger partial charge in [-0.25, -0.2) is 0 Å². The van der Waals surface area contributed by atoms with Gasteiger partial charge in [-0.3, -0.25) is 9.69 Å². The molecule has 7 heteroatoms. The fourth-order valence-corrected chi connectivity index (χ4v) is 3.49. The summed E-state index contributed by atoms with van der Waals surface area (Å²) >= 11 is 0. The van der Waals surface area contributed by atoms with Crippen molar-refractivity contribution < 1.29 is 9.53 Å². The molecule has 3 heterocycles. The third kappa shape index (κ3) is 3.12. The van der Waals surface area contributed by atoms with Crippen LogP contribution in [0.15, 0.2) is 0 Å². The van der Waals surface area contributed by atoms with Gasteiger partial charge in [0.1, 0.15) is 11.6 Å². The molecule has 0 N–H and O–H groups in total. The molecule has 0 spiro atoms. The maximum atomic E-state index is 12.5. The minimum absolute atomic E-state index is 0.193.